The third-order valence-corrected chi connectivity index (χ3v) is 5.53. The Morgan fingerprint density at radius 2 is 1.65 bits per heavy atom. The molecule has 2 aromatic carbocycles. The molecule has 0 saturated carbocycles. The second-order valence-corrected chi connectivity index (χ2v) is 7.19. The maximum atomic E-state index is 13.9. The molecule has 1 N–H and O–H groups in total. The van der Waals surface area contributed by atoms with E-state index in [9.17, 15) is 9.18 Å². The maximum Gasteiger partial charge on any atom is 0.277 e. The van der Waals surface area contributed by atoms with E-state index in [0.717, 1.165) is 19.5 Å². The Balaban J connectivity index is 1.31. The van der Waals surface area contributed by atoms with Gasteiger partial charge in [-0.1, -0.05) is 36.4 Å². The van der Waals surface area contributed by atoms with Gasteiger partial charge in [0, 0.05) is 38.2 Å². The van der Waals surface area contributed by atoms with Gasteiger partial charge in [0.25, 0.3) is 5.91 Å². The number of piperazine rings is 1. The van der Waals surface area contributed by atoms with Gasteiger partial charge in [-0.15, -0.1) is 0 Å². The van der Waals surface area contributed by atoms with E-state index < -0.39 is 0 Å². The molecule has 1 amide bonds. The van der Waals surface area contributed by atoms with E-state index in [-0.39, 0.29) is 11.7 Å². The predicted molar refractivity (Wildman–Crippen MR) is 99.7 cm³/mol. The number of nitrogens with one attached hydrogen (secondary N) is 1. The van der Waals surface area contributed by atoms with Crippen LogP contribution < -0.4 is 9.80 Å². The van der Waals surface area contributed by atoms with Gasteiger partial charge in [0.1, 0.15) is 12.4 Å². The fraction of sp³-hybridized carbons (Fsp3) is 0.381. The summed E-state index contributed by atoms with van der Waals surface area (Å²) < 4.78 is 13.9. The smallest absolute Gasteiger partial charge is 0.277 e. The molecule has 0 radical (unpaired) electrons. The van der Waals surface area contributed by atoms with Crippen molar-refractivity contribution < 1.29 is 14.1 Å². The van der Waals surface area contributed by atoms with Gasteiger partial charge in [-0.2, -0.15) is 0 Å². The molecule has 0 bridgehead atoms. The zero-order valence-electron chi connectivity index (χ0n) is 15.0. The Bertz CT molecular complexity index is 786. The fourth-order valence-electron chi connectivity index (χ4n) is 4.02. The van der Waals surface area contributed by atoms with Crippen LogP contribution >= 0.6 is 0 Å². The van der Waals surface area contributed by atoms with Crippen LogP contribution in [0, 0.1) is 5.82 Å². The predicted octanol–water partition coefficient (Wildman–Crippen LogP) is 1.12. The molecule has 1 unspecified atom stereocenters. The molecule has 2 aliphatic heterocycles. The molecule has 0 aromatic heterocycles. The van der Waals surface area contributed by atoms with Crippen molar-refractivity contribution in [3.05, 3.63) is 65.5 Å². The van der Waals surface area contributed by atoms with Crippen molar-refractivity contribution >= 4 is 11.6 Å². The Kier molecular flexibility index (Phi) is 4.89. The van der Waals surface area contributed by atoms with Crippen LogP contribution in [0.2, 0.25) is 0 Å². The summed E-state index contributed by atoms with van der Waals surface area (Å²) in [5.41, 5.74) is 3.42. The van der Waals surface area contributed by atoms with Crippen LogP contribution in [-0.2, 0) is 17.8 Å². The molecule has 4 nitrogen and oxygen atoms in total. The highest BCUT2D eigenvalue weighted by Crippen LogP contribution is 2.20. The number of hydrogen-bond acceptors (Lipinski definition) is 2. The van der Waals surface area contributed by atoms with Crippen LogP contribution in [0.4, 0.5) is 10.1 Å². The SMILES string of the molecule is O=C(C[NH+]1CCc2ccccc2C1)N1CCN(c2ccccc2F)CC1. The van der Waals surface area contributed by atoms with Crippen LogP contribution in [-0.4, -0.2) is 50.1 Å². The first-order chi connectivity index (χ1) is 12.7. The molecule has 2 aliphatic rings. The first kappa shape index (κ1) is 17.0. The summed E-state index contributed by atoms with van der Waals surface area (Å²) >= 11 is 0. The average Bonchev–Trinajstić information content (AvgIpc) is 2.68. The summed E-state index contributed by atoms with van der Waals surface area (Å²) in [6.07, 6.45) is 1.04. The number of fused-ring (bicyclic) bond motifs is 1. The lowest BCUT2D eigenvalue weighted by atomic mass is 10.00. The molecule has 2 heterocycles. The largest absolute Gasteiger partial charge is 0.366 e. The zero-order chi connectivity index (χ0) is 17.9. The Hall–Kier alpha value is -2.40. The monoisotopic (exact) mass is 354 g/mol. The molecule has 2 aromatic rings. The third-order valence-electron chi connectivity index (χ3n) is 5.53. The molecule has 0 spiro atoms. The minimum Gasteiger partial charge on any atom is -0.366 e. The van der Waals surface area contributed by atoms with Gasteiger partial charge in [-0.3, -0.25) is 4.79 Å². The Morgan fingerprint density at radius 1 is 0.962 bits per heavy atom. The van der Waals surface area contributed by atoms with E-state index in [1.54, 1.807) is 6.07 Å². The summed E-state index contributed by atoms with van der Waals surface area (Å²) in [5.74, 6) is 0.0243. The van der Waals surface area contributed by atoms with Gasteiger partial charge < -0.3 is 14.7 Å². The van der Waals surface area contributed by atoms with Crippen molar-refractivity contribution in [2.75, 3.05) is 44.2 Å². The quantitative estimate of drug-likeness (QED) is 0.895. The normalized spacial score (nSPS) is 20.0. The van der Waals surface area contributed by atoms with Crippen molar-refractivity contribution in [1.29, 1.82) is 0 Å². The fourth-order valence-corrected chi connectivity index (χ4v) is 4.02. The van der Waals surface area contributed by atoms with Gasteiger partial charge in [0.2, 0.25) is 0 Å². The number of hydrogen-bond donors (Lipinski definition) is 1. The highest BCUT2D eigenvalue weighted by Gasteiger charge is 2.27. The summed E-state index contributed by atoms with van der Waals surface area (Å²) in [5, 5.41) is 0. The molecule has 1 atom stereocenters. The highest BCUT2D eigenvalue weighted by atomic mass is 19.1. The zero-order valence-corrected chi connectivity index (χ0v) is 15.0. The van der Waals surface area contributed by atoms with Gasteiger partial charge in [-0.05, 0) is 17.7 Å². The number of quaternary nitrogens is 1. The standard InChI is InChI=1S/C21H24FN3O/c22-19-7-3-4-8-20(19)24-11-13-25(14-12-24)21(26)16-23-10-9-17-5-1-2-6-18(17)15-23/h1-8H,9-16H2/p+1. The van der Waals surface area contributed by atoms with Crippen LogP contribution in [0.3, 0.4) is 0 Å². The number of carbonyl (C=O) groups is 1. The first-order valence-corrected chi connectivity index (χ1v) is 9.38. The van der Waals surface area contributed by atoms with Crippen LogP contribution in [0.5, 0.6) is 0 Å². The van der Waals surface area contributed by atoms with E-state index in [1.165, 1.54) is 22.1 Å². The van der Waals surface area contributed by atoms with E-state index in [4.69, 9.17) is 0 Å². The molecule has 0 aliphatic carbocycles. The molecular weight excluding hydrogens is 329 g/mol. The lowest BCUT2D eigenvalue weighted by Crippen LogP contribution is -3.12. The van der Waals surface area contributed by atoms with E-state index in [0.29, 0.717) is 38.4 Å². The summed E-state index contributed by atoms with van der Waals surface area (Å²) in [4.78, 5) is 18.0. The Labute approximate surface area is 153 Å². The summed E-state index contributed by atoms with van der Waals surface area (Å²) in [7, 11) is 0. The number of halogens is 1. The van der Waals surface area contributed by atoms with E-state index >= 15 is 0 Å². The molecule has 1 fully saturated rings. The molecule has 26 heavy (non-hydrogen) atoms. The molecule has 136 valence electrons. The molecule has 5 heteroatoms. The molecular formula is C21H25FN3O+. The van der Waals surface area contributed by atoms with Gasteiger partial charge in [-0.25, -0.2) is 4.39 Å². The van der Waals surface area contributed by atoms with E-state index in [1.807, 2.05) is 21.9 Å². The number of carbonyl (C=O) groups excluding carboxylic acids is 1. The second kappa shape index (κ2) is 7.46. The number of rotatable bonds is 3. The average molecular weight is 354 g/mol. The van der Waals surface area contributed by atoms with Crippen LogP contribution in [0.25, 0.3) is 0 Å². The number of nitrogens with zero attached hydrogens (tertiary/aromatic N) is 2. The van der Waals surface area contributed by atoms with Crippen LogP contribution in [0.15, 0.2) is 48.5 Å². The molecule has 1 saturated heterocycles. The van der Waals surface area contributed by atoms with Gasteiger partial charge >= 0.3 is 0 Å². The summed E-state index contributed by atoms with van der Waals surface area (Å²) in [6.45, 7) is 5.19. The van der Waals surface area contributed by atoms with Crippen LogP contribution in [0.1, 0.15) is 11.1 Å². The summed E-state index contributed by atoms with van der Waals surface area (Å²) in [6, 6.07) is 15.4. The van der Waals surface area contributed by atoms with Crippen molar-refractivity contribution in [3.8, 4) is 0 Å². The maximum absolute atomic E-state index is 13.9. The van der Waals surface area contributed by atoms with Gasteiger partial charge in [0.15, 0.2) is 6.54 Å². The highest BCUT2D eigenvalue weighted by molar-refractivity contribution is 5.77. The Morgan fingerprint density at radius 3 is 2.42 bits per heavy atom. The third kappa shape index (κ3) is 3.58. The number of para-hydroxylation sites is 1. The van der Waals surface area contributed by atoms with E-state index in [2.05, 4.69) is 24.3 Å². The van der Waals surface area contributed by atoms with Crippen molar-refractivity contribution in [3.63, 3.8) is 0 Å². The minimum atomic E-state index is -0.191. The second-order valence-electron chi connectivity index (χ2n) is 7.19. The number of amides is 1. The van der Waals surface area contributed by atoms with Crippen molar-refractivity contribution in [2.24, 2.45) is 0 Å². The number of benzene rings is 2. The number of anilines is 1. The first-order valence-electron chi connectivity index (χ1n) is 9.38. The van der Waals surface area contributed by atoms with Crippen molar-refractivity contribution in [2.45, 2.75) is 13.0 Å². The lowest BCUT2D eigenvalue weighted by molar-refractivity contribution is -0.908. The minimum absolute atomic E-state index is 0.191. The topological polar surface area (TPSA) is 28.0 Å². The van der Waals surface area contributed by atoms with Gasteiger partial charge in [0.05, 0.1) is 12.2 Å². The lowest BCUT2D eigenvalue weighted by Gasteiger charge is -2.36. The van der Waals surface area contributed by atoms with Crippen molar-refractivity contribution in [1.82, 2.24) is 4.90 Å². The molecule has 4 rings (SSSR count).